The van der Waals surface area contributed by atoms with Gasteiger partial charge in [0, 0.05) is 19.1 Å². The standard InChI is InChI=1S/C14H20N2O2S/c1-14(2,3)15-13(18)16(4)9-11-8-12(19-10-11)6-5-7-17/h8,10,17H,7,9H2,1-4H3,(H,15,18). The van der Waals surface area contributed by atoms with Gasteiger partial charge in [0.05, 0.1) is 4.88 Å². The van der Waals surface area contributed by atoms with E-state index in [1.165, 1.54) is 11.3 Å². The van der Waals surface area contributed by atoms with Gasteiger partial charge in [0.15, 0.2) is 0 Å². The van der Waals surface area contributed by atoms with Gasteiger partial charge in [-0.05, 0) is 37.8 Å². The summed E-state index contributed by atoms with van der Waals surface area (Å²) in [7, 11) is 1.76. The first-order valence-corrected chi connectivity index (χ1v) is 6.90. The van der Waals surface area contributed by atoms with E-state index in [1.807, 2.05) is 32.2 Å². The average molecular weight is 280 g/mol. The summed E-state index contributed by atoms with van der Waals surface area (Å²) in [6, 6.07) is 1.84. The highest BCUT2D eigenvalue weighted by atomic mass is 32.1. The molecule has 1 heterocycles. The first kappa shape index (κ1) is 15.5. The van der Waals surface area contributed by atoms with Crippen LogP contribution in [0.2, 0.25) is 0 Å². The molecule has 1 aromatic rings. The van der Waals surface area contributed by atoms with Crippen molar-refractivity contribution in [3.05, 3.63) is 21.9 Å². The van der Waals surface area contributed by atoms with Crippen molar-refractivity contribution in [1.82, 2.24) is 10.2 Å². The Morgan fingerprint density at radius 1 is 1.53 bits per heavy atom. The van der Waals surface area contributed by atoms with Crippen molar-refractivity contribution in [3.63, 3.8) is 0 Å². The number of thiophene rings is 1. The van der Waals surface area contributed by atoms with Crippen molar-refractivity contribution in [3.8, 4) is 11.8 Å². The van der Waals surface area contributed by atoms with Crippen molar-refractivity contribution in [2.75, 3.05) is 13.7 Å². The lowest BCUT2D eigenvalue weighted by Gasteiger charge is -2.25. The number of aliphatic hydroxyl groups excluding tert-OH is 1. The summed E-state index contributed by atoms with van der Waals surface area (Å²) in [6.07, 6.45) is 0. The molecule has 0 aliphatic rings. The monoisotopic (exact) mass is 280 g/mol. The Morgan fingerprint density at radius 2 is 2.21 bits per heavy atom. The van der Waals surface area contributed by atoms with Crippen LogP contribution >= 0.6 is 11.3 Å². The van der Waals surface area contributed by atoms with Crippen LogP contribution in [-0.2, 0) is 6.54 Å². The third-order valence-electron chi connectivity index (χ3n) is 2.19. The summed E-state index contributed by atoms with van der Waals surface area (Å²) in [4.78, 5) is 14.4. The summed E-state index contributed by atoms with van der Waals surface area (Å²) < 4.78 is 0. The minimum absolute atomic E-state index is 0.0957. The molecule has 0 spiro atoms. The highest BCUT2D eigenvalue weighted by molar-refractivity contribution is 7.10. The molecule has 2 amide bonds. The van der Waals surface area contributed by atoms with E-state index in [-0.39, 0.29) is 18.2 Å². The van der Waals surface area contributed by atoms with Crippen LogP contribution in [0.3, 0.4) is 0 Å². The second-order valence-corrected chi connectivity index (χ2v) is 6.23. The van der Waals surface area contributed by atoms with Gasteiger partial charge in [0.2, 0.25) is 0 Å². The van der Waals surface area contributed by atoms with Gasteiger partial charge in [-0.2, -0.15) is 0 Å². The van der Waals surface area contributed by atoms with E-state index in [1.54, 1.807) is 11.9 Å². The quantitative estimate of drug-likeness (QED) is 0.815. The maximum atomic E-state index is 11.9. The molecule has 1 rings (SSSR count). The summed E-state index contributed by atoms with van der Waals surface area (Å²) in [5, 5.41) is 13.5. The average Bonchev–Trinajstić information content (AvgIpc) is 2.71. The van der Waals surface area contributed by atoms with E-state index in [9.17, 15) is 4.79 Å². The Balaban J connectivity index is 2.59. The van der Waals surface area contributed by atoms with E-state index in [0.717, 1.165) is 10.4 Å². The molecule has 5 heteroatoms. The summed E-state index contributed by atoms with van der Waals surface area (Å²) in [5.41, 5.74) is 0.802. The van der Waals surface area contributed by atoms with Crippen molar-refractivity contribution in [1.29, 1.82) is 0 Å². The molecule has 0 atom stereocenters. The molecule has 0 saturated heterocycles. The first-order chi connectivity index (χ1) is 8.81. The summed E-state index contributed by atoms with van der Waals surface area (Å²) in [5.74, 6) is 5.46. The van der Waals surface area contributed by atoms with E-state index >= 15 is 0 Å². The molecule has 19 heavy (non-hydrogen) atoms. The van der Waals surface area contributed by atoms with Crippen LogP contribution in [0.5, 0.6) is 0 Å². The molecule has 0 fully saturated rings. The number of hydrogen-bond donors (Lipinski definition) is 2. The highest BCUT2D eigenvalue weighted by Crippen LogP contribution is 2.15. The predicted octanol–water partition coefficient (Wildman–Crippen LogP) is 2.03. The van der Waals surface area contributed by atoms with E-state index in [4.69, 9.17) is 5.11 Å². The van der Waals surface area contributed by atoms with Crippen LogP contribution in [0.4, 0.5) is 4.79 Å². The van der Waals surface area contributed by atoms with Crippen LogP contribution in [0.1, 0.15) is 31.2 Å². The van der Waals surface area contributed by atoms with Gasteiger partial charge in [0.1, 0.15) is 6.61 Å². The Bertz CT molecular complexity index is 492. The number of nitrogens with one attached hydrogen (secondary N) is 1. The fourth-order valence-electron chi connectivity index (χ4n) is 1.41. The second-order valence-electron chi connectivity index (χ2n) is 5.32. The van der Waals surface area contributed by atoms with Gasteiger partial charge in [0.25, 0.3) is 0 Å². The van der Waals surface area contributed by atoms with Gasteiger partial charge in [-0.15, -0.1) is 11.3 Å². The van der Waals surface area contributed by atoms with E-state index < -0.39 is 0 Å². The van der Waals surface area contributed by atoms with Gasteiger partial charge in [-0.3, -0.25) is 0 Å². The maximum absolute atomic E-state index is 11.9. The Morgan fingerprint density at radius 3 is 2.79 bits per heavy atom. The normalized spacial score (nSPS) is 10.6. The van der Waals surface area contributed by atoms with Crippen LogP contribution < -0.4 is 5.32 Å². The van der Waals surface area contributed by atoms with Gasteiger partial charge in [-0.25, -0.2) is 4.79 Å². The number of urea groups is 1. The molecule has 2 N–H and O–H groups in total. The molecule has 0 aromatic carbocycles. The molecule has 4 nitrogen and oxygen atoms in total. The van der Waals surface area contributed by atoms with Crippen molar-refractivity contribution < 1.29 is 9.90 Å². The molecule has 0 bridgehead atoms. The maximum Gasteiger partial charge on any atom is 0.317 e. The molecule has 0 aliphatic heterocycles. The largest absolute Gasteiger partial charge is 0.384 e. The first-order valence-electron chi connectivity index (χ1n) is 6.02. The minimum Gasteiger partial charge on any atom is -0.384 e. The minimum atomic E-state index is -0.238. The number of aliphatic hydroxyl groups is 1. The summed E-state index contributed by atoms with van der Waals surface area (Å²) in [6.45, 7) is 6.25. The van der Waals surface area contributed by atoms with Gasteiger partial charge < -0.3 is 15.3 Å². The van der Waals surface area contributed by atoms with Gasteiger partial charge in [-0.1, -0.05) is 11.8 Å². The molecule has 104 valence electrons. The molecule has 0 aliphatic carbocycles. The van der Waals surface area contributed by atoms with Crippen molar-refractivity contribution >= 4 is 17.4 Å². The Kier molecular flexibility index (Phi) is 5.40. The number of carbonyl (C=O) groups excluding carboxylic acids is 1. The lowest BCUT2D eigenvalue weighted by Crippen LogP contribution is -2.46. The molecule has 0 unspecified atom stereocenters. The zero-order valence-electron chi connectivity index (χ0n) is 11.8. The lowest BCUT2D eigenvalue weighted by atomic mass is 10.1. The van der Waals surface area contributed by atoms with E-state index in [0.29, 0.717) is 6.54 Å². The van der Waals surface area contributed by atoms with Crippen LogP contribution in [-0.4, -0.2) is 35.2 Å². The number of hydrogen-bond acceptors (Lipinski definition) is 3. The molecular weight excluding hydrogens is 260 g/mol. The van der Waals surface area contributed by atoms with Crippen molar-refractivity contribution in [2.24, 2.45) is 0 Å². The van der Waals surface area contributed by atoms with Crippen LogP contribution in [0.25, 0.3) is 0 Å². The zero-order valence-corrected chi connectivity index (χ0v) is 12.6. The topological polar surface area (TPSA) is 52.6 Å². The third kappa shape index (κ3) is 5.77. The van der Waals surface area contributed by atoms with Crippen molar-refractivity contribution in [2.45, 2.75) is 32.9 Å². The Hall–Kier alpha value is -1.51. The molecule has 1 aromatic heterocycles. The predicted molar refractivity (Wildman–Crippen MR) is 78.0 cm³/mol. The van der Waals surface area contributed by atoms with Crippen LogP contribution in [0.15, 0.2) is 11.4 Å². The second kappa shape index (κ2) is 6.60. The molecule has 0 radical (unpaired) electrons. The highest BCUT2D eigenvalue weighted by Gasteiger charge is 2.17. The zero-order chi connectivity index (χ0) is 14.5. The number of rotatable bonds is 2. The number of carbonyl (C=O) groups is 1. The van der Waals surface area contributed by atoms with E-state index in [2.05, 4.69) is 17.2 Å². The SMILES string of the molecule is CN(Cc1csc(C#CCO)c1)C(=O)NC(C)(C)C. The number of amides is 2. The fraction of sp³-hybridized carbons (Fsp3) is 0.500. The molecule has 0 saturated carbocycles. The van der Waals surface area contributed by atoms with Crippen LogP contribution in [0, 0.1) is 11.8 Å². The summed E-state index contributed by atoms with van der Waals surface area (Å²) >= 11 is 1.51. The smallest absolute Gasteiger partial charge is 0.317 e. The fourth-order valence-corrected chi connectivity index (χ4v) is 2.18. The third-order valence-corrected chi connectivity index (χ3v) is 3.09. The lowest BCUT2D eigenvalue weighted by molar-refractivity contribution is 0.197. The molecular formula is C14H20N2O2S. The van der Waals surface area contributed by atoms with Gasteiger partial charge >= 0.3 is 6.03 Å². The Labute approximate surface area is 118 Å². The number of nitrogens with zero attached hydrogens (tertiary/aromatic N) is 1.